The Balaban J connectivity index is 2.47. The highest BCUT2D eigenvalue weighted by Gasteiger charge is 2.34. The normalized spacial score (nSPS) is 25.4. The van der Waals surface area contributed by atoms with Gasteiger partial charge >= 0.3 is 0 Å². The van der Waals surface area contributed by atoms with Crippen LogP contribution in [0.2, 0.25) is 0 Å². The molecule has 94 valence electrons. The largest absolute Gasteiger partial charge is 0.394 e. The number of amides is 1. The Morgan fingerprint density at radius 1 is 1.56 bits per heavy atom. The molecular weight excluding hydrogens is 210 g/mol. The van der Waals surface area contributed by atoms with Crippen molar-refractivity contribution in [3.05, 3.63) is 0 Å². The first-order chi connectivity index (χ1) is 7.58. The van der Waals surface area contributed by atoms with Crippen LogP contribution in [-0.4, -0.2) is 61.0 Å². The molecule has 0 aromatic carbocycles. The second-order valence-corrected chi connectivity index (χ2v) is 4.34. The van der Waals surface area contributed by atoms with E-state index in [4.69, 9.17) is 9.47 Å². The maximum absolute atomic E-state index is 11.8. The zero-order valence-electron chi connectivity index (χ0n) is 10.2. The maximum Gasteiger partial charge on any atom is 0.249 e. The van der Waals surface area contributed by atoms with E-state index in [1.165, 1.54) is 0 Å². The molecule has 0 radical (unpaired) electrons. The Kier molecular flexibility index (Phi) is 5.18. The fourth-order valence-electron chi connectivity index (χ4n) is 1.84. The molecule has 1 saturated heterocycles. The zero-order valence-corrected chi connectivity index (χ0v) is 10.2. The fourth-order valence-corrected chi connectivity index (χ4v) is 1.84. The predicted molar refractivity (Wildman–Crippen MR) is 59.1 cm³/mol. The highest BCUT2D eigenvalue weighted by Crippen LogP contribution is 2.19. The van der Waals surface area contributed by atoms with Gasteiger partial charge in [0.15, 0.2) is 0 Å². The van der Waals surface area contributed by atoms with Crippen LogP contribution in [0.25, 0.3) is 0 Å². The third kappa shape index (κ3) is 3.43. The molecule has 0 bridgehead atoms. The van der Waals surface area contributed by atoms with Crippen molar-refractivity contribution in [1.82, 2.24) is 4.90 Å². The van der Waals surface area contributed by atoms with E-state index < -0.39 is 0 Å². The number of aliphatic hydroxyl groups is 1. The van der Waals surface area contributed by atoms with Gasteiger partial charge in [0.2, 0.25) is 5.91 Å². The summed E-state index contributed by atoms with van der Waals surface area (Å²) in [6.45, 7) is 4.37. The lowest BCUT2D eigenvalue weighted by atomic mass is 10.2. The standard InChI is InChI=1S/C11H21NO4/c1-8(2)16-7-11(14)12-5-10(15-3)4-9(12)6-13/h8-10,13H,4-7H2,1-3H3/t9-,10+/m0/s1. The van der Waals surface area contributed by atoms with Crippen LogP contribution >= 0.6 is 0 Å². The Hall–Kier alpha value is -0.650. The average Bonchev–Trinajstić information content (AvgIpc) is 2.68. The summed E-state index contributed by atoms with van der Waals surface area (Å²) in [5, 5.41) is 9.19. The van der Waals surface area contributed by atoms with Crippen molar-refractivity contribution in [3.8, 4) is 0 Å². The molecule has 0 aliphatic carbocycles. The van der Waals surface area contributed by atoms with Crippen LogP contribution in [0.15, 0.2) is 0 Å². The number of methoxy groups -OCH3 is 1. The molecule has 0 unspecified atom stereocenters. The molecule has 1 aliphatic heterocycles. The minimum atomic E-state index is -0.131. The molecule has 1 aliphatic rings. The fraction of sp³-hybridized carbons (Fsp3) is 0.909. The number of carbonyl (C=O) groups excluding carboxylic acids is 1. The summed E-state index contributed by atoms with van der Waals surface area (Å²) in [7, 11) is 1.62. The van der Waals surface area contributed by atoms with Crippen molar-refractivity contribution < 1.29 is 19.4 Å². The number of hydrogen-bond donors (Lipinski definition) is 1. The van der Waals surface area contributed by atoms with E-state index in [0.29, 0.717) is 13.0 Å². The van der Waals surface area contributed by atoms with Gasteiger partial charge in [0.25, 0.3) is 0 Å². The zero-order chi connectivity index (χ0) is 12.1. The number of nitrogens with zero attached hydrogens (tertiary/aromatic N) is 1. The van der Waals surface area contributed by atoms with Crippen LogP contribution in [-0.2, 0) is 14.3 Å². The molecule has 5 heteroatoms. The van der Waals surface area contributed by atoms with Gasteiger partial charge < -0.3 is 19.5 Å². The van der Waals surface area contributed by atoms with Crippen LogP contribution in [0.5, 0.6) is 0 Å². The summed E-state index contributed by atoms with van der Waals surface area (Å²) < 4.78 is 10.5. The van der Waals surface area contributed by atoms with Crippen LogP contribution in [0.4, 0.5) is 0 Å². The topological polar surface area (TPSA) is 59.0 Å². The first-order valence-electron chi connectivity index (χ1n) is 5.63. The van der Waals surface area contributed by atoms with Crippen LogP contribution in [0, 0.1) is 0 Å². The number of rotatable bonds is 5. The number of likely N-dealkylation sites (tertiary alicyclic amines) is 1. The predicted octanol–water partition coefficient (Wildman–Crippen LogP) is 0.0196. The first-order valence-corrected chi connectivity index (χ1v) is 5.63. The SMILES string of the molecule is CO[C@@H]1C[C@@H](CO)N(C(=O)COC(C)C)C1. The number of carbonyl (C=O) groups is 1. The van der Waals surface area contributed by atoms with E-state index in [1.807, 2.05) is 13.8 Å². The third-order valence-electron chi connectivity index (χ3n) is 2.78. The molecule has 0 saturated carbocycles. The molecular formula is C11H21NO4. The van der Waals surface area contributed by atoms with Gasteiger partial charge in [-0.1, -0.05) is 0 Å². The lowest BCUT2D eigenvalue weighted by Crippen LogP contribution is -2.40. The summed E-state index contributed by atoms with van der Waals surface area (Å²) in [5.41, 5.74) is 0. The molecule has 2 atom stereocenters. The molecule has 0 aromatic heterocycles. The van der Waals surface area contributed by atoms with Gasteiger partial charge in [-0.25, -0.2) is 0 Å². The summed E-state index contributed by atoms with van der Waals surface area (Å²) in [5.74, 6) is -0.0766. The van der Waals surface area contributed by atoms with E-state index in [9.17, 15) is 9.90 Å². The van der Waals surface area contributed by atoms with Crippen molar-refractivity contribution in [2.45, 2.75) is 38.5 Å². The van der Waals surface area contributed by atoms with Crippen molar-refractivity contribution in [2.24, 2.45) is 0 Å². The molecule has 0 spiro atoms. The molecule has 1 heterocycles. The minimum absolute atomic E-state index is 0.0206. The molecule has 1 amide bonds. The van der Waals surface area contributed by atoms with Crippen molar-refractivity contribution in [3.63, 3.8) is 0 Å². The van der Waals surface area contributed by atoms with E-state index in [0.717, 1.165) is 0 Å². The average molecular weight is 231 g/mol. The van der Waals surface area contributed by atoms with Gasteiger partial charge in [-0.3, -0.25) is 4.79 Å². The number of aliphatic hydroxyl groups excluding tert-OH is 1. The van der Waals surface area contributed by atoms with Gasteiger partial charge in [-0.2, -0.15) is 0 Å². The second kappa shape index (κ2) is 6.18. The van der Waals surface area contributed by atoms with E-state index in [-0.39, 0.29) is 37.4 Å². The summed E-state index contributed by atoms with van der Waals surface area (Å²) >= 11 is 0. The van der Waals surface area contributed by atoms with Crippen LogP contribution < -0.4 is 0 Å². The third-order valence-corrected chi connectivity index (χ3v) is 2.78. The number of hydrogen-bond acceptors (Lipinski definition) is 4. The van der Waals surface area contributed by atoms with Crippen molar-refractivity contribution in [2.75, 3.05) is 26.9 Å². The Bertz CT molecular complexity index is 232. The highest BCUT2D eigenvalue weighted by molar-refractivity contribution is 5.78. The van der Waals surface area contributed by atoms with Gasteiger partial charge in [0.1, 0.15) is 6.61 Å². The molecule has 5 nitrogen and oxygen atoms in total. The summed E-state index contributed by atoms with van der Waals surface area (Å²) in [4.78, 5) is 13.5. The smallest absolute Gasteiger partial charge is 0.249 e. The lowest BCUT2D eigenvalue weighted by molar-refractivity contribution is -0.139. The van der Waals surface area contributed by atoms with Crippen molar-refractivity contribution >= 4 is 5.91 Å². The Morgan fingerprint density at radius 3 is 2.75 bits per heavy atom. The number of ether oxygens (including phenoxy) is 2. The van der Waals surface area contributed by atoms with Crippen molar-refractivity contribution in [1.29, 1.82) is 0 Å². The maximum atomic E-state index is 11.8. The highest BCUT2D eigenvalue weighted by atomic mass is 16.5. The quantitative estimate of drug-likeness (QED) is 0.724. The van der Waals surface area contributed by atoms with E-state index in [1.54, 1.807) is 12.0 Å². The molecule has 16 heavy (non-hydrogen) atoms. The molecule has 1 rings (SSSR count). The summed E-state index contributed by atoms with van der Waals surface area (Å²) in [6.07, 6.45) is 0.762. The summed E-state index contributed by atoms with van der Waals surface area (Å²) in [6, 6.07) is -0.131. The lowest BCUT2D eigenvalue weighted by Gasteiger charge is -2.23. The second-order valence-electron chi connectivity index (χ2n) is 4.34. The van der Waals surface area contributed by atoms with Gasteiger partial charge in [0.05, 0.1) is 24.9 Å². The molecule has 1 N–H and O–H groups in total. The van der Waals surface area contributed by atoms with Crippen LogP contribution in [0.3, 0.4) is 0 Å². The van der Waals surface area contributed by atoms with Gasteiger partial charge in [-0.05, 0) is 20.3 Å². The van der Waals surface area contributed by atoms with Crippen LogP contribution in [0.1, 0.15) is 20.3 Å². The molecule has 1 fully saturated rings. The minimum Gasteiger partial charge on any atom is -0.394 e. The molecule has 0 aromatic rings. The van der Waals surface area contributed by atoms with Gasteiger partial charge in [0, 0.05) is 13.7 Å². The Labute approximate surface area is 96.3 Å². The van der Waals surface area contributed by atoms with E-state index in [2.05, 4.69) is 0 Å². The van der Waals surface area contributed by atoms with E-state index >= 15 is 0 Å². The first kappa shape index (κ1) is 13.4. The monoisotopic (exact) mass is 231 g/mol. The Morgan fingerprint density at radius 2 is 2.25 bits per heavy atom. The van der Waals surface area contributed by atoms with Gasteiger partial charge in [-0.15, -0.1) is 0 Å².